The smallest absolute Gasteiger partial charge is 0.215 e. The van der Waals surface area contributed by atoms with E-state index in [4.69, 9.17) is 4.52 Å². The molecule has 2 N–H and O–H groups in total. The molecule has 0 fully saturated rings. The van der Waals surface area contributed by atoms with Gasteiger partial charge in [-0.25, -0.2) is 13.1 Å². The molecule has 0 spiro atoms. The van der Waals surface area contributed by atoms with Crippen molar-refractivity contribution in [3.8, 4) is 0 Å². The highest BCUT2D eigenvalue weighted by molar-refractivity contribution is 7.90. The molecule has 0 aliphatic rings. The lowest BCUT2D eigenvalue weighted by molar-refractivity contribution is 0.392. The monoisotopic (exact) mass is 289 g/mol. The van der Waals surface area contributed by atoms with Crippen LogP contribution in [0, 0.1) is 13.8 Å². The average molecular weight is 289 g/mol. The lowest BCUT2D eigenvalue weighted by Gasteiger charge is -2.14. The maximum atomic E-state index is 12.0. The fourth-order valence-electron chi connectivity index (χ4n) is 1.66. The minimum atomic E-state index is -3.33. The summed E-state index contributed by atoms with van der Waals surface area (Å²) < 4.78 is 31.7. The second-order valence-corrected chi connectivity index (χ2v) is 6.87. The van der Waals surface area contributed by atoms with E-state index in [9.17, 15) is 8.42 Å². The summed E-state index contributed by atoms with van der Waals surface area (Å²) in [6.07, 6.45) is 0.985. The van der Waals surface area contributed by atoms with Gasteiger partial charge in [0.25, 0.3) is 0 Å². The molecule has 110 valence electrons. The van der Waals surface area contributed by atoms with E-state index in [0.717, 1.165) is 24.2 Å². The van der Waals surface area contributed by atoms with Crippen molar-refractivity contribution in [2.75, 3.05) is 13.1 Å². The first kappa shape index (κ1) is 16.1. The summed E-state index contributed by atoms with van der Waals surface area (Å²) in [6, 6.07) is 0. The third kappa shape index (κ3) is 4.59. The zero-order valence-electron chi connectivity index (χ0n) is 12.0. The van der Waals surface area contributed by atoms with Gasteiger partial charge < -0.3 is 9.84 Å². The molecular weight excluding hydrogens is 266 g/mol. The van der Waals surface area contributed by atoms with Gasteiger partial charge in [0.05, 0.1) is 10.9 Å². The maximum absolute atomic E-state index is 12.0. The largest absolute Gasteiger partial charge is 0.361 e. The summed E-state index contributed by atoms with van der Waals surface area (Å²) in [6.45, 7) is 8.80. The Kier molecular flexibility index (Phi) is 5.96. The molecule has 19 heavy (non-hydrogen) atoms. The van der Waals surface area contributed by atoms with E-state index in [1.807, 2.05) is 6.92 Å². The Morgan fingerprint density at radius 1 is 1.37 bits per heavy atom. The Morgan fingerprint density at radius 2 is 2.05 bits per heavy atom. The number of nitrogens with one attached hydrogen (secondary N) is 2. The lowest BCUT2D eigenvalue weighted by Crippen LogP contribution is -2.39. The summed E-state index contributed by atoms with van der Waals surface area (Å²) in [5.41, 5.74) is 1.52. The summed E-state index contributed by atoms with van der Waals surface area (Å²) in [7, 11) is -3.33. The van der Waals surface area contributed by atoms with Gasteiger partial charge in [-0.2, -0.15) is 0 Å². The quantitative estimate of drug-likeness (QED) is 0.700. The van der Waals surface area contributed by atoms with E-state index in [-0.39, 0.29) is 6.54 Å². The van der Waals surface area contributed by atoms with E-state index in [0.29, 0.717) is 12.3 Å². The zero-order valence-corrected chi connectivity index (χ0v) is 12.8. The highest BCUT2D eigenvalue weighted by Crippen LogP contribution is 2.12. The van der Waals surface area contributed by atoms with Crippen molar-refractivity contribution in [2.45, 2.75) is 45.9 Å². The summed E-state index contributed by atoms with van der Waals surface area (Å²) in [4.78, 5) is 0. The number of nitrogens with zero attached hydrogens (tertiary/aromatic N) is 1. The molecule has 0 aromatic carbocycles. The molecule has 1 rings (SSSR count). The molecule has 1 aromatic rings. The Bertz CT molecular complexity index is 477. The van der Waals surface area contributed by atoms with Crippen molar-refractivity contribution >= 4 is 10.0 Å². The Morgan fingerprint density at radius 3 is 2.58 bits per heavy atom. The highest BCUT2D eigenvalue weighted by Gasteiger charge is 2.21. The lowest BCUT2D eigenvalue weighted by atomic mass is 10.2. The van der Waals surface area contributed by atoms with Crippen molar-refractivity contribution < 1.29 is 12.9 Å². The second kappa shape index (κ2) is 7.02. The number of aryl methyl sites for hydroxylation is 2. The van der Waals surface area contributed by atoms with Gasteiger partial charge in [-0.1, -0.05) is 12.1 Å². The molecule has 0 radical (unpaired) electrons. The minimum absolute atomic E-state index is 0.224. The molecule has 0 bridgehead atoms. The molecule has 0 aliphatic carbocycles. The molecular formula is C12H23N3O3S. The predicted molar refractivity (Wildman–Crippen MR) is 74.4 cm³/mol. The van der Waals surface area contributed by atoms with Crippen molar-refractivity contribution in [1.82, 2.24) is 15.2 Å². The summed E-state index contributed by atoms with van der Waals surface area (Å²) in [5, 5.41) is 6.43. The molecule has 1 aromatic heterocycles. The number of aromatic nitrogens is 1. The van der Waals surface area contributed by atoms with Crippen molar-refractivity contribution in [2.24, 2.45) is 0 Å². The molecule has 1 heterocycles. The van der Waals surface area contributed by atoms with Crippen molar-refractivity contribution in [3.63, 3.8) is 0 Å². The molecule has 0 amide bonds. The first-order valence-corrected chi connectivity index (χ1v) is 8.04. The molecule has 6 nitrogen and oxygen atoms in total. The van der Waals surface area contributed by atoms with E-state index < -0.39 is 15.3 Å². The van der Waals surface area contributed by atoms with Crippen LogP contribution in [-0.4, -0.2) is 31.9 Å². The molecule has 0 saturated heterocycles. The number of sulfonamides is 1. The molecule has 1 unspecified atom stereocenters. The van der Waals surface area contributed by atoms with Gasteiger partial charge in [0.2, 0.25) is 10.0 Å². The summed E-state index contributed by atoms with van der Waals surface area (Å²) in [5.74, 6) is 0.650. The topological polar surface area (TPSA) is 84.2 Å². The average Bonchev–Trinajstić information content (AvgIpc) is 2.67. The molecule has 0 aliphatic heterocycles. The van der Waals surface area contributed by atoms with Crippen LogP contribution in [-0.2, 0) is 16.6 Å². The second-order valence-electron chi connectivity index (χ2n) is 4.68. The zero-order chi connectivity index (χ0) is 14.5. The Labute approximate surface area is 115 Å². The first-order chi connectivity index (χ1) is 8.88. The predicted octanol–water partition coefficient (Wildman–Crippen LogP) is 1.10. The van der Waals surface area contributed by atoms with Crippen molar-refractivity contribution in [1.29, 1.82) is 0 Å². The third-order valence-electron chi connectivity index (χ3n) is 3.02. The standard InChI is InChI=1S/C12H23N3O3S/c1-5-6-13-7-9(2)19(16,17)14-8-12-10(3)15-18-11(12)4/h9,13-14H,5-8H2,1-4H3. The minimum Gasteiger partial charge on any atom is -0.361 e. The molecule has 7 heteroatoms. The van der Waals surface area contributed by atoms with Crippen LogP contribution in [0.5, 0.6) is 0 Å². The Balaban J connectivity index is 2.55. The molecule has 0 saturated carbocycles. The van der Waals surface area contributed by atoms with E-state index >= 15 is 0 Å². The van der Waals surface area contributed by atoms with Gasteiger partial charge in [0, 0.05) is 18.7 Å². The van der Waals surface area contributed by atoms with Crippen LogP contribution in [0.2, 0.25) is 0 Å². The van der Waals surface area contributed by atoms with E-state index in [1.54, 1.807) is 20.8 Å². The van der Waals surface area contributed by atoms with Crippen LogP contribution in [0.25, 0.3) is 0 Å². The van der Waals surface area contributed by atoms with Crippen LogP contribution in [0.4, 0.5) is 0 Å². The number of hydrogen-bond acceptors (Lipinski definition) is 5. The van der Waals surface area contributed by atoms with E-state index in [1.165, 1.54) is 0 Å². The van der Waals surface area contributed by atoms with Gasteiger partial charge in [-0.05, 0) is 33.7 Å². The third-order valence-corrected chi connectivity index (χ3v) is 4.79. The number of hydrogen-bond donors (Lipinski definition) is 2. The Hall–Kier alpha value is -0.920. The van der Waals surface area contributed by atoms with Crippen LogP contribution in [0.1, 0.15) is 37.3 Å². The maximum Gasteiger partial charge on any atom is 0.215 e. The molecule has 1 atom stereocenters. The van der Waals surface area contributed by atoms with Gasteiger partial charge in [0.15, 0.2) is 0 Å². The van der Waals surface area contributed by atoms with Gasteiger partial charge in [-0.15, -0.1) is 0 Å². The van der Waals surface area contributed by atoms with Crippen LogP contribution in [0.15, 0.2) is 4.52 Å². The van der Waals surface area contributed by atoms with Crippen LogP contribution < -0.4 is 10.0 Å². The van der Waals surface area contributed by atoms with Gasteiger partial charge in [0.1, 0.15) is 5.76 Å². The fraction of sp³-hybridized carbons (Fsp3) is 0.750. The van der Waals surface area contributed by atoms with Crippen molar-refractivity contribution in [3.05, 3.63) is 17.0 Å². The normalized spacial score (nSPS) is 13.7. The van der Waals surface area contributed by atoms with Gasteiger partial charge >= 0.3 is 0 Å². The highest BCUT2D eigenvalue weighted by atomic mass is 32.2. The fourth-order valence-corrected chi connectivity index (χ4v) is 2.63. The van der Waals surface area contributed by atoms with Crippen LogP contribution >= 0.6 is 0 Å². The van der Waals surface area contributed by atoms with E-state index in [2.05, 4.69) is 15.2 Å². The number of rotatable bonds is 8. The first-order valence-electron chi connectivity index (χ1n) is 6.49. The van der Waals surface area contributed by atoms with Gasteiger partial charge in [-0.3, -0.25) is 0 Å². The SMILES string of the molecule is CCCNCC(C)S(=O)(=O)NCc1c(C)noc1C. The summed E-state index contributed by atoms with van der Waals surface area (Å²) >= 11 is 0. The van der Waals surface area contributed by atoms with Crippen LogP contribution in [0.3, 0.4) is 0 Å².